The molecular formula is C27H29N3O5S. The first-order valence-electron chi connectivity index (χ1n) is 11.8. The van der Waals surface area contributed by atoms with Crippen molar-refractivity contribution >= 4 is 29.5 Å². The first-order valence-corrected chi connectivity index (χ1v) is 12.8. The zero-order chi connectivity index (χ0) is 25.8. The van der Waals surface area contributed by atoms with Crippen molar-refractivity contribution in [2.75, 3.05) is 24.0 Å². The predicted molar refractivity (Wildman–Crippen MR) is 139 cm³/mol. The van der Waals surface area contributed by atoms with E-state index in [-0.39, 0.29) is 29.1 Å². The molecule has 1 aromatic heterocycles. The van der Waals surface area contributed by atoms with E-state index in [0.717, 1.165) is 33.6 Å². The van der Waals surface area contributed by atoms with Gasteiger partial charge in [-0.3, -0.25) is 14.5 Å². The number of aromatic nitrogens is 2. The summed E-state index contributed by atoms with van der Waals surface area (Å²) in [5.41, 5.74) is 5.16. The number of carboxylic acid groups (broad SMARTS) is 1. The van der Waals surface area contributed by atoms with Crippen LogP contribution in [0.1, 0.15) is 54.0 Å². The fourth-order valence-corrected chi connectivity index (χ4v) is 5.87. The second-order valence-corrected chi connectivity index (χ2v) is 11.2. The van der Waals surface area contributed by atoms with Gasteiger partial charge in [-0.15, -0.1) is 11.8 Å². The predicted octanol–water partition coefficient (Wildman–Crippen LogP) is 4.77. The van der Waals surface area contributed by atoms with Crippen LogP contribution in [0.25, 0.3) is 5.69 Å². The number of aryl methyl sites for hydroxylation is 1. The highest BCUT2D eigenvalue weighted by atomic mass is 32.2. The molecule has 0 saturated heterocycles. The minimum Gasteiger partial charge on any atom is -0.480 e. The molecule has 2 aliphatic heterocycles. The van der Waals surface area contributed by atoms with Crippen molar-refractivity contribution in [1.82, 2.24) is 9.78 Å². The standard InChI is InChI=1S/C27H29N3O5S/c1-15-7-6-8-18(16(15)2)30-26-23(25(28-30)27(3,4)5)24(36-13-21(31)29(26)12-22(32)33)17-9-10-19-20(11-17)35-14-34-19/h6-11,24H,12-14H2,1-5H3,(H,32,33). The fraction of sp³-hybridized carbons (Fsp3) is 0.370. The Morgan fingerprint density at radius 2 is 1.92 bits per heavy atom. The molecule has 0 radical (unpaired) electrons. The highest BCUT2D eigenvalue weighted by Crippen LogP contribution is 2.50. The quantitative estimate of drug-likeness (QED) is 0.544. The molecule has 8 nitrogen and oxygen atoms in total. The maximum absolute atomic E-state index is 13.4. The molecule has 3 aromatic rings. The van der Waals surface area contributed by atoms with Gasteiger partial charge in [-0.2, -0.15) is 5.10 Å². The van der Waals surface area contributed by atoms with E-state index in [2.05, 4.69) is 20.8 Å². The highest BCUT2D eigenvalue weighted by molar-refractivity contribution is 8.00. The third-order valence-electron chi connectivity index (χ3n) is 6.60. The van der Waals surface area contributed by atoms with Crippen LogP contribution < -0.4 is 14.4 Å². The lowest BCUT2D eigenvalue weighted by atomic mass is 9.87. The summed E-state index contributed by atoms with van der Waals surface area (Å²) in [5.74, 6) is 0.645. The Labute approximate surface area is 214 Å². The van der Waals surface area contributed by atoms with Gasteiger partial charge in [0.05, 0.1) is 22.4 Å². The first kappa shape index (κ1) is 24.2. The number of fused-ring (bicyclic) bond motifs is 2. The Hall–Kier alpha value is -3.46. The molecule has 0 aliphatic carbocycles. The molecule has 188 valence electrons. The summed E-state index contributed by atoms with van der Waals surface area (Å²) in [5, 5.41) is 14.6. The average Bonchev–Trinajstić information content (AvgIpc) is 3.41. The molecule has 0 saturated carbocycles. The summed E-state index contributed by atoms with van der Waals surface area (Å²) in [6.45, 7) is 10.0. The van der Waals surface area contributed by atoms with Gasteiger partial charge >= 0.3 is 5.97 Å². The zero-order valence-electron chi connectivity index (χ0n) is 21.0. The summed E-state index contributed by atoms with van der Waals surface area (Å²) in [7, 11) is 0. The molecule has 1 unspecified atom stereocenters. The van der Waals surface area contributed by atoms with Gasteiger partial charge in [-0.05, 0) is 48.7 Å². The minimum atomic E-state index is -1.08. The van der Waals surface area contributed by atoms with Crippen LogP contribution >= 0.6 is 11.8 Å². The number of benzene rings is 2. The molecule has 1 N–H and O–H groups in total. The lowest BCUT2D eigenvalue weighted by molar-refractivity contribution is -0.136. The second kappa shape index (κ2) is 8.89. The maximum Gasteiger partial charge on any atom is 0.323 e. The molecular weight excluding hydrogens is 478 g/mol. The van der Waals surface area contributed by atoms with E-state index in [1.165, 1.54) is 16.7 Å². The molecule has 5 rings (SSSR count). The van der Waals surface area contributed by atoms with Crippen molar-refractivity contribution in [3.63, 3.8) is 0 Å². The monoisotopic (exact) mass is 507 g/mol. The van der Waals surface area contributed by atoms with Crippen LogP contribution in [0.4, 0.5) is 5.82 Å². The smallest absolute Gasteiger partial charge is 0.323 e. The molecule has 9 heteroatoms. The Morgan fingerprint density at radius 3 is 2.64 bits per heavy atom. The molecule has 0 bridgehead atoms. The Bertz CT molecular complexity index is 1370. The van der Waals surface area contributed by atoms with Crippen LogP contribution in [-0.4, -0.2) is 45.9 Å². The van der Waals surface area contributed by atoms with Crippen LogP contribution in [0.5, 0.6) is 11.5 Å². The van der Waals surface area contributed by atoms with E-state index >= 15 is 0 Å². The molecule has 1 atom stereocenters. The number of carboxylic acids is 1. The topological polar surface area (TPSA) is 93.9 Å². The summed E-state index contributed by atoms with van der Waals surface area (Å²) in [4.78, 5) is 26.7. The van der Waals surface area contributed by atoms with E-state index in [4.69, 9.17) is 14.6 Å². The Kier molecular flexibility index (Phi) is 5.98. The van der Waals surface area contributed by atoms with Crippen LogP contribution in [0, 0.1) is 13.8 Å². The molecule has 0 fully saturated rings. The van der Waals surface area contributed by atoms with Crippen molar-refractivity contribution in [3.05, 3.63) is 64.3 Å². The number of ether oxygens (including phenoxy) is 2. The number of carbonyl (C=O) groups excluding carboxylic acids is 1. The fourth-order valence-electron chi connectivity index (χ4n) is 4.68. The lowest BCUT2D eigenvalue weighted by Crippen LogP contribution is -2.38. The molecule has 0 spiro atoms. The van der Waals surface area contributed by atoms with Gasteiger partial charge in [-0.25, -0.2) is 4.68 Å². The third kappa shape index (κ3) is 4.11. The zero-order valence-corrected chi connectivity index (χ0v) is 21.8. The number of hydrogen-bond acceptors (Lipinski definition) is 6. The number of amides is 1. The number of anilines is 1. The third-order valence-corrected chi connectivity index (χ3v) is 7.85. The summed E-state index contributed by atoms with van der Waals surface area (Å²) >= 11 is 1.48. The van der Waals surface area contributed by atoms with E-state index < -0.39 is 12.5 Å². The van der Waals surface area contributed by atoms with Gasteiger partial charge in [0.15, 0.2) is 11.5 Å². The molecule has 36 heavy (non-hydrogen) atoms. The summed E-state index contributed by atoms with van der Waals surface area (Å²) in [6, 6.07) is 11.7. The van der Waals surface area contributed by atoms with Crippen LogP contribution in [0.2, 0.25) is 0 Å². The van der Waals surface area contributed by atoms with Gasteiger partial charge in [0.1, 0.15) is 12.4 Å². The number of hydrogen-bond donors (Lipinski definition) is 1. The number of carbonyl (C=O) groups is 2. The van der Waals surface area contributed by atoms with Gasteiger partial charge < -0.3 is 14.6 Å². The Balaban J connectivity index is 1.83. The number of rotatable bonds is 4. The highest BCUT2D eigenvalue weighted by Gasteiger charge is 2.40. The second-order valence-electron chi connectivity index (χ2n) is 10.1. The van der Waals surface area contributed by atoms with Crippen molar-refractivity contribution < 1.29 is 24.2 Å². The first-order chi connectivity index (χ1) is 17.1. The normalized spacial score (nSPS) is 17.2. The molecule has 2 aliphatic rings. The van der Waals surface area contributed by atoms with E-state index in [0.29, 0.717) is 17.3 Å². The van der Waals surface area contributed by atoms with Gasteiger partial charge in [0, 0.05) is 11.0 Å². The lowest BCUT2D eigenvalue weighted by Gasteiger charge is -2.24. The number of nitrogens with zero attached hydrogens (tertiary/aromatic N) is 3. The summed E-state index contributed by atoms with van der Waals surface area (Å²) in [6.07, 6.45) is 0. The largest absolute Gasteiger partial charge is 0.480 e. The average molecular weight is 508 g/mol. The van der Waals surface area contributed by atoms with Crippen LogP contribution in [-0.2, 0) is 15.0 Å². The molecule has 1 amide bonds. The number of thioether (sulfide) groups is 1. The van der Waals surface area contributed by atoms with Crippen LogP contribution in [0.3, 0.4) is 0 Å². The number of aliphatic carboxylic acids is 1. The van der Waals surface area contributed by atoms with E-state index in [1.54, 1.807) is 4.68 Å². The van der Waals surface area contributed by atoms with Crippen molar-refractivity contribution in [2.24, 2.45) is 0 Å². The van der Waals surface area contributed by atoms with Crippen molar-refractivity contribution in [1.29, 1.82) is 0 Å². The van der Waals surface area contributed by atoms with Crippen molar-refractivity contribution in [3.8, 4) is 17.2 Å². The minimum absolute atomic E-state index is 0.136. The van der Waals surface area contributed by atoms with Crippen molar-refractivity contribution in [2.45, 2.75) is 45.3 Å². The SMILES string of the molecule is Cc1cccc(-n2nc(C(C)(C)C)c3c2N(CC(=O)O)C(=O)CSC3c2ccc3c(c2)OCO3)c1C. The van der Waals surface area contributed by atoms with E-state index in [9.17, 15) is 14.7 Å². The van der Waals surface area contributed by atoms with Gasteiger partial charge in [-0.1, -0.05) is 39.0 Å². The van der Waals surface area contributed by atoms with E-state index in [1.807, 2.05) is 50.2 Å². The molecule has 3 heterocycles. The summed E-state index contributed by atoms with van der Waals surface area (Å²) < 4.78 is 12.9. The maximum atomic E-state index is 13.4. The van der Waals surface area contributed by atoms with Gasteiger partial charge in [0.25, 0.3) is 0 Å². The Morgan fingerprint density at radius 1 is 1.17 bits per heavy atom. The molecule has 2 aromatic carbocycles. The van der Waals surface area contributed by atoms with Crippen LogP contribution in [0.15, 0.2) is 36.4 Å². The van der Waals surface area contributed by atoms with Gasteiger partial charge in [0.2, 0.25) is 12.7 Å².